The zero-order valence-electron chi connectivity index (χ0n) is 19.0. The largest absolute Gasteiger partial charge is 0.418 e. The molecule has 0 aliphatic rings. The minimum absolute atomic E-state index is 0.0774. The third kappa shape index (κ3) is 5.43. The molecule has 0 aliphatic carbocycles. The summed E-state index contributed by atoms with van der Waals surface area (Å²) in [6, 6.07) is 15.7. The summed E-state index contributed by atoms with van der Waals surface area (Å²) in [7, 11) is 0. The molecule has 1 amide bonds. The minimum atomic E-state index is -4.79. The Bertz CT molecular complexity index is 1140. The second-order valence-electron chi connectivity index (χ2n) is 8.58. The Morgan fingerprint density at radius 1 is 0.912 bits per heavy atom. The van der Waals surface area contributed by atoms with Crippen molar-refractivity contribution >= 4 is 5.91 Å². The molecule has 0 aliphatic heterocycles. The van der Waals surface area contributed by atoms with Crippen LogP contribution in [0.1, 0.15) is 48.7 Å². The zero-order valence-corrected chi connectivity index (χ0v) is 19.0. The number of nitrogens with zero attached hydrogens (tertiary/aromatic N) is 1. The standard InChI is InChI=1S/C26H25F5N2O/c1-17(2)23(34)33-25(16-18-9-5-4-6-10-18,20-12-7-11-19(15-20)24(3,27)28)22-21(26(29,30)31)13-8-14-32-22/h4-15,17H,16H2,1-3H3,(H,33,34). The first kappa shape index (κ1) is 25.3. The maximum atomic E-state index is 14.2. The number of benzene rings is 2. The van der Waals surface area contributed by atoms with Crippen LogP contribution in [-0.4, -0.2) is 10.9 Å². The van der Waals surface area contributed by atoms with Gasteiger partial charge in [-0.1, -0.05) is 62.4 Å². The van der Waals surface area contributed by atoms with Crippen molar-refractivity contribution in [1.82, 2.24) is 10.3 Å². The van der Waals surface area contributed by atoms with E-state index in [0.29, 0.717) is 12.5 Å². The number of halogens is 5. The Kier molecular flexibility index (Phi) is 7.10. The van der Waals surface area contributed by atoms with E-state index in [9.17, 15) is 26.7 Å². The van der Waals surface area contributed by atoms with Crippen LogP contribution in [0, 0.1) is 5.92 Å². The molecule has 1 N–H and O–H groups in total. The van der Waals surface area contributed by atoms with Crippen molar-refractivity contribution in [3.8, 4) is 0 Å². The molecule has 3 nitrogen and oxygen atoms in total. The molecule has 0 radical (unpaired) electrons. The first-order valence-electron chi connectivity index (χ1n) is 10.7. The van der Waals surface area contributed by atoms with E-state index in [-0.39, 0.29) is 17.5 Å². The van der Waals surface area contributed by atoms with E-state index < -0.39 is 40.7 Å². The van der Waals surface area contributed by atoms with E-state index in [1.54, 1.807) is 44.2 Å². The number of aromatic nitrogens is 1. The van der Waals surface area contributed by atoms with Gasteiger partial charge in [0.15, 0.2) is 0 Å². The molecular weight excluding hydrogens is 451 g/mol. The molecule has 180 valence electrons. The third-order valence-corrected chi connectivity index (χ3v) is 5.55. The lowest BCUT2D eigenvalue weighted by Gasteiger charge is -2.38. The van der Waals surface area contributed by atoms with Crippen LogP contribution in [-0.2, 0) is 28.9 Å². The molecule has 1 atom stereocenters. The molecule has 0 bridgehead atoms. The second-order valence-corrected chi connectivity index (χ2v) is 8.58. The number of carbonyl (C=O) groups excluding carboxylic acids is 1. The first-order valence-corrected chi connectivity index (χ1v) is 10.7. The molecule has 0 fully saturated rings. The smallest absolute Gasteiger partial charge is 0.340 e. The van der Waals surface area contributed by atoms with Gasteiger partial charge in [-0.3, -0.25) is 9.78 Å². The maximum absolute atomic E-state index is 14.2. The van der Waals surface area contributed by atoms with E-state index in [4.69, 9.17) is 0 Å². The lowest BCUT2D eigenvalue weighted by atomic mass is 9.77. The Morgan fingerprint density at radius 2 is 1.56 bits per heavy atom. The summed E-state index contributed by atoms with van der Waals surface area (Å²) in [6.45, 7) is 3.91. The van der Waals surface area contributed by atoms with Crippen molar-refractivity contribution in [1.29, 1.82) is 0 Å². The van der Waals surface area contributed by atoms with Gasteiger partial charge in [-0.05, 0) is 29.3 Å². The van der Waals surface area contributed by atoms with Crippen LogP contribution in [0.2, 0.25) is 0 Å². The Morgan fingerprint density at radius 3 is 2.15 bits per heavy atom. The summed E-state index contributed by atoms with van der Waals surface area (Å²) in [5.41, 5.74) is -3.09. The van der Waals surface area contributed by atoms with Gasteiger partial charge in [-0.15, -0.1) is 0 Å². The number of alkyl halides is 5. The number of amides is 1. The molecule has 3 rings (SSSR count). The fourth-order valence-corrected chi connectivity index (χ4v) is 3.79. The van der Waals surface area contributed by atoms with Gasteiger partial charge in [-0.25, -0.2) is 8.78 Å². The number of hydrogen-bond donors (Lipinski definition) is 1. The van der Waals surface area contributed by atoms with Gasteiger partial charge in [0.05, 0.1) is 11.3 Å². The summed E-state index contributed by atoms with van der Waals surface area (Å²) >= 11 is 0. The second kappa shape index (κ2) is 9.52. The van der Waals surface area contributed by atoms with Crippen LogP contribution in [0.4, 0.5) is 22.0 Å². The number of carbonyl (C=O) groups is 1. The zero-order chi connectivity index (χ0) is 25.1. The van der Waals surface area contributed by atoms with Gasteiger partial charge >= 0.3 is 6.18 Å². The first-order chi connectivity index (χ1) is 15.8. The topological polar surface area (TPSA) is 42.0 Å². The minimum Gasteiger partial charge on any atom is -0.340 e. The molecule has 2 aromatic carbocycles. The molecule has 0 spiro atoms. The number of nitrogens with one attached hydrogen (secondary N) is 1. The van der Waals surface area contributed by atoms with Crippen molar-refractivity contribution < 1.29 is 26.7 Å². The van der Waals surface area contributed by atoms with E-state index in [1.165, 1.54) is 24.4 Å². The van der Waals surface area contributed by atoms with Crippen LogP contribution in [0.5, 0.6) is 0 Å². The Balaban J connectivity index is 2.40. The Hall–Kier alpha value is -3.29. The van der Waals surface area contributed by atoms with Gasteiger partial charge < -0.3 is 5.32 Å². The van der Waals surface area contributed by atoms with E-state index in [2.05, 4.69) is 10.3 Å². The lowest BCUT2D eigenvalue weighted by molar-refractivity contribution is -0.139. The van der Waals surface area contributed by atoms with Gasteiger partial charge in [-0.2, -0.15) is 13.2 Å². The summed E-state index contributed by atoms with van der Waals surface area (Å²) in [6.07, 6.45) is -3.73. The van der Waals surface area contributed by atoms with Gasteiger partial charge in [0.1, 0.15) is 5.54 Å². The lowest BCUT2D eigenvalue weighted by Crippen LogP contribution is -2.51. The highest BCUT2D eigenvalue weighted by Gasteiger charge is 2.46. The summed E-state index contributed by atoms with van der Waals surface area (Å²) in [4.78, 5) is 17.0. The normalized spacial score (nSPS) is 14.0. The molecule has 0 saturated carbocycles. The fourth-order valence-electron chi connectivity index (χ4n) is 3.79. The number of pyridine rings is 1. The van der Waals surface area contributed by atoms with Crippen LogP contribution in [0.3, 0.4) is 0 Å². The predicted octanol–water partition coefficient (Wildman–Crippen LogP) is 6.47. The highest BCUT2D eigenvalue weighted by atomic mass is 19.4. The molecular formula is C26H25F5N2O. The van der Waals surface area contributed by atoms with Gasteiger partial charge in [0.2, 0.25) is 5.91 Å². The summed E-state index contributed by atoms with van der Waals surface area (Å²) in [5, 5.41) is 2.76. The highest BCUT2D eigenvalue weighted by molar-refractivity contribution is 5.80. The fraction of sp³-hybridized carbons (Fsp3) is 0.308. The van der Waals surface area contributed by atoms with Crippen molar-refractivity contribution in [2.24, 2.45) is 5.92 Å². The molecule has 1 aromatic heterocycles. The number of rotatable bonds is 7. The van der Waals surface area contributed by atoms with Crippen molar-refractivity contribution in [2.75, 3.05) is 0 Å². The van der Waals surface area contributed by atoms with Crippen molar-refractivity contribution in [2.45, 2.75) is 44.8 Å². The number of hydrogen-bond acceptors (Lipinski definition) is 2. The molecule has 1 unspecified atom stereocenters. The summed E-state index contributed by atoms with van der Waals surface area (Å²) < 4.78 is 70.8. The average Bonchev–Trinajstić information content (AvgIpc) is 2.78. The van der Waals surface area contributed by atoms with Crippen LogP contribution in [0.15, 0.2) is 72.9 Å². The quantitative estimate of drug-likeness (QED) is 0.397. The molecule has 1 heterocycles. The van der Waals surface area contributed by atoms with Crippen LogP contribution in [0.25, 0.3) is 0 Å². The van der Waals surface area contributed by atoms with E-state index >= 15 is 0 Å². The average molecular weight is 476 g/mol. The molecule has 8 heteroatoms. The highest BCUT2D eigenvalue weighted by Crippen LogP contribution is 2.42. The monoisotopic (exact) mass is 476 g/mol. The van der Waals surface area contributed by atoms with Crippen LogP contribution >= 0.6 is 0 Å². The van der Waals surface area contributed by atoms with Crippen molar-refractivity contribution in [3.05, 3.63) is 101 Å². The maximum Gasteiger partial charge on any atom is 0.418 e. The third-order valence-electron chi connectivity index (χ3n) is 5.55. The molecule has 0 saturated heterocycles. The van der Waals surface area contributed by atoms with Gasteiger partial charge in [0.25, 0.3) is 5.92 Å². The van der Waals surface area contributed by atoms with Gasteiger partial charge in [0, 0.05) is 31.0 Å². The van der Waals surface area contributed by atoms with Crippen LogP contribution < -0.4 is 5.32 Å². The Labute approximate surface area is 195 Å². The molecule has 3 aromatic rings. The predicted molar refractivity (Wildman–Crippen MR) is 119 cm³/mol. The molecule has 34 heavy (non-hydrogen) atoms. The van der Waals surface area contributed by atoms with Crippen molar-refractivity contribution in [3.63, 3.8) is 0 Å². The van der Waals surface area contributed by atoms with E-state index in [0.717, 1.165) is 18.2 Å². The van der Waals surface area contributed by atoms with E-state index in [1.807, 2.05) is 0 Å². The summed E-state index contributed by atoms with van der Waals surface area (Å²) in [5.74, 6) is -4.36. The SMILES string of the molecule is CC(C)C(=O)NC(Cc1ccccc1)(c1cccc(C(C)(F)F)c1)c1ncccc1C(F)(F)F.